The number of alkyl halides is 3. The van der Waals surface area contributed by atoms with E-state index in [1.54, 1.807) is 0 Å². The van der Waals surface area contributed by atoms with E-state index in [0.717, 1.165) is 12.3 Å². The van der Waals surface area contributed by atoms with Crippen LogP contribution in [0.1, 0.15) is 40.5 Å². The summed E-state index contributed by atoms with van der Waals surface area (Å²) < 4.78 is 43.9. The number of carboxylic acid groups (broad SMARTS) is 1. The maximum absolute atomic E-state index is 10.6. The number of nitrogens with two attached hydrogens (primary N) is 1. The largest absolute Gasteiger partial charge is 0.490 e. The standard InChI is InChI=1S/C12H22BNO2.C2HF3O2/c1-7(14)13-15-10-6-8-5-9(11(8,2)3)12(10,4)16-13;3-2(4,5)1(6)7/h7-10H,5-6,14H2,1-4H3;(H,6,7)/t7-,8-,9-,10+,12-;/m0./s1. The van der Waals surface area contributed by atoms with Crippen LogP contribution in [0.15, 0.2) is 0 Å². The Morgan fingerprint density at radius 2 is 1.87 bits per heavy atom. The summed E-state index contributed by atoms with van der Waals surface area (Å²) in [6, 6.07) is 0. The topological polar surface area (TPSA) is 81.8 Å². The van der Waals surface area contributed by atoms with Crippen molar-refractivity contribution in [2.45, 2.75) is 64.4 Å². The van der Waals surface area contributed by atoms with E-state index in [4.69, 9.17) is 24.9 Å². The van der Waals surface area contributed by atoms with Gasteiger partial charge in [-0.2, -0.15) is 13.2 Å². The molecule has 5 atom stereocenters. The van der Waals surface area contributed by atoms with Crippen LogP contribution in [0.5, 0.6) is 0 Å². The van der Waals surface area contributed by atoms with Gasteiger partial charge in [0.25, 0.3) is 0 Å². The quantitative estimate of drug-likeness (QED) is 0.717. The van der Waals surface area contributed by atoms with Gasteiger partial charge in [-0.05, 0) is 37.0 Å². The molecule has 3 aliphatic carbocycles. The molecule has 3 N–H and O–H groups in total. The van der Waals surface area contributed by atoms with Gasteiger partial charge >= 0.3 is 19.3 Å². The minimum atomic E-state index is -5.08. The fraction of sp³-hybridized carbons (Fsp3) is 0.929. The number of aliphatic carboxylic acids is 1. The molecule has 4 rings (SSSR count). The first-order valence-corrected chi connectivity index (χ1v) is 7.69. The highest BCUT2D eigenvalue weighted by Gasteiger charge is 2.68. The van der Waals surface area contributed by atoms with Crippen LogP contribution < -0.4 is 5.73 Å². The van der Waals surface area contributed by atoms with E-state index in [1.165, 1.54) is 6.42 Å². The molecule has 5 nitrogen and oxygen atoms in total. The average molecular weight is 337 g/mol. The molecule has 132 valence electrons. The molecule has 0 spiro atoms. The Morgan fingerprint density at radius 3 is 2.26 bits per heavy atom. The van der Waals surface area contributed by atoms with Crippen LogP contribution in [-0.2, 0) is 14.1 Å². The second-order valence-corrected chi connectivity index (χ2v) is 7.50. The van der Waals surface area contributed by atoms with E-state index in [-0.39, 0.29) is 24.8 Å². The first kappa shape index (κ1) is 18.5. The molecule has 23 heavy (non-hydrogen) atoms. The van der Waals surface area contributed by atoms with E-state index in [1.807, 2.05) is 6.92 Å². The van der Waals surface area contributed by atoms with Gasteiger partial charge in [-0.1, -0.05) is 20.8 Å². The number of carboxylic acids is 1. The third kappa shape index (κ3) is 3.10. The Bertz CT molecular complexity index is 485. The molecule has 3 saturated carbocycles. The summed E-state index contributed by atoms with van der Waals surface area (Å²) in [5, 5.41) is 7.12. The van der Waals surface area contributed by atoms with Gasteiger partial charge in [0.1, 0.15) is 0 Å². The number of hydrogen-bond donors (Lipinski definition) is 2. The minimum absolute atomic E-state index is 0.0391. The van der Waals surface area contributed by atoms with E-state index < -0.39 is 12.1 Å². The summed E-state index contributed by atoms with van der Waals surface area (Å²) in [7, 11) is -0.204. The first-order valence-electron chi connectivity index (χ1n) is 7.69. The number of halogens is 3. The maximum Gasteiger partial charge on any atom is 0.490 e. The van der Waals surface area contributed by atoms with Crippen molar-refractivity contribution in [3.8, 4) is 0 Å². The van der Waals surface area contributed by atoms with Crippen molar-refractivity contribution in [3.05, 3.63) is 0 Å². The molecule has 2 bridgehead atoms. The lowest BCUT2D eigenvalue weighted by atomic mass is 9.43. The third-order valence-corrected chi connectivity index (χ3v) is 5.64. The van der Waals surface area contributed by atoms with Gasteiger partial charge in [0, 0.05) is 5.94 Å². The molecule has 4 aliphatic rings. The molecule has 0 aromatic carbocycles. The molecular weight excluding hydrogens is 314 g/mol. The Kier molecular flexibility index (Phi) is 4.54. The Labute approximate surface area is 133 Å². The molecule has 0 unspecified atom stereocenters. The molecule has 0 aromatic heterocycles. The van der Waals surface area contributed by atoms with E-state index >= 15 is 0 Å². The van der Waals surface area contributed by atoms with Gasteiger partial charge in [-0.3, -0.25) is 0 Å². The number of rotatable bonds is 1. The normalized spacial score (nSPS) is 38.8. The van der Waals surface area contributed by atoms with Crippen LogP contribution in [-0.4, -0.2) is 42.0 Å². The van der Waals surface area contributed by atoms with Crippen LogP contribution in [0.2, 0.25) is 0 Å². The molecule has 0 radical (unpaired) electrons. The van der Waals surface area contributed by atoms with E-state index in [0.29, 0.717) is 11.3 Å². The van der Waals surface area contributed by atoms with Crippen LogP contribution in [0.3, 0.4) is 0 Å². The lowest BCUT2D eigenvalue weighted by molar-refractivity contribution is -0.199. The van der Waals surface area contributed by atoms with Crippen molar-refractivity contribution in [2.75, 3.05) is 0 Å². The van der Waals surface area contributed by atoms with Gasteiger partial charge in [0.15, 0.2) is 0 Å². The van der Waals surface area contributed by atoms with Gasteiger partial charge in [0.2, 0.25) is 0 Å². The van der Waals surface area contributed by atoms with Crippen molar-refractivity contribution in [1.29, 1.82) is 0 Å². The zero-order valence-corrected chi connectivity index (χ0v) is 13.7. The smallest absolute Gasteiger partial charge is 0.475 e. The lowest BCUT2D eigenvalue weighted by Gasteiger charge is -2.64. The second kappa shape index (κ2) is 5.63. The number of hydrogen-bond acceptors (Lipinski definition) is 4. The molecule has 1 aliphatic heterocycles. The number of carbonyl (C=O) groups is 1. The van der Waals surface area contributed by atoms with Crippen molar-refractivity contribution in [1.82, 2.24) is 0 Å². The van der Waals surface area contributed by atoms with Crippen molar-refractivity contribution in [2.24, 2.45) is 23.0 Å². The Balaban J connectivity index is 0.000000236. The first-order chi connectivity index (χ1) is 10.3. The minimum Gasteiger partial charge on any atom is -0.475 e. The Morgan fingerprint density at radius 1 is 1.35 bits per heavy atom. The van der Waals surface area contributed by atoms with Crippen LogP contribution in [0.25, 0.3) is 0 Å². The summed E-state index contributed by atoms with van der Waals surface area (Å²) in [6.07, 6.45) is -2.38. The fourth-order valence-corrected chi connectivity index (χ4v) is 4.13. The van der Waals surface area contributed by atoms with Crippen LogP contribution >= 0.6 is 0 Å². The molecular formula is C14H23BF3NO4. The van der Waals surface area contributed by atoms with Crippen LogP contribution in [0, 0.1) is 17.3 Å². The highest BCUT2D eigenvalue weighted by atomic mass is 19.4. The van der Waals surface area contributed by atoms with E-state index in [2.05, 4.69) is 20.8 Å². The molecule has 1 saturated heterocycles. The van der Waals surface area contributed by atoms with Crippen molar-refractivity contribution in [3.63, 3.8) is 0 Å². The summed E-state index contributed by atoms with van der Waals surface area (Å²) in [6.45, 7) is 8.93. The van der Waals surface area contributed by atoms with Crippen molar-refractivity contribution >= 4 is 13.1 Å². The van der Waals surface area contributed by atoms with Gasteiger partial charge in [-0.15, -0.1) is 0 Å². The van der Waals surface area contributed by atoms with E-state index in [9.17, 15) is 13.2 Å². The van der Waals surface area contributed by atoms with Gasteiger partial charge < -0.3 is 20.1 Å². The predicted molar refractivity (Wildman–Crippen MR) is 77.5 cm³/mol. The third-order valence-electron chi connectivity index (χ3n) is 5.64. The second-order valence-electron chi connectivity index (χ2n) is 7.50. The van der Waals surface area contributed by atoms with Crippen molar-refractivity contribution < 1.29 is 32.4 Å². The highest BCUT2D eigenvalue weighted by molar-refractivity contribution is 6.47. The predicted octanol–water partition coefficient (Wildman–Crippen LogP) is 2.23. The fourth-order valence-electron chi connectivity index (χ4n) is 4.13. The molecule has 9 heteroatoms. The zero-order valence-electron chi connectivity index (χ0n) is 13.7. The summed E-state index contributed by atoms with van der Waals surface area (Å²) in [5.74, 6) is -1.35. The summed E-state index contributed by atoms with van der Waals surface area (Å²) >= 11 is 0. The molecule has 4 fully saturated rings. The SMILES string of the molecule is C[C@H](N)B1O[C@@H]2C[C@@H]3C[C@@H](C3(C)C)[C@]2(C)O1.O=C(O)C(F)(F)F. The molecule has 0 aromatic rings. The van der Waals surface area contributed by atoms with Crippen LogP contribution in [0.4, 0.5) is 13.2 Å². The lowest BCUT2D eigenvalue weighted by Crippen LogP contribution is -2.65. The monoisotopic (exact) mass is 337 g/mol. The molecule has 1 heterocycles. The summed E-state index contributed by atoms with van der Waals surface area (Å²) in [4.78, 5) is 8.90. The summed E-state index contributed by atoms with van der Waals surface area (Å²) in [5.41, 5.74) is 6.20. The Hall–Kier alpha value is -0.795. The molecule has 0 amide bonds. The maximum atomic E-state index is 10.6. The average Bonchev–Trinajstić information content (AvgIpc) is 2.75. The van der Waals surface area contributed by atoms with Gasteiger partial charge in [-0.25, -0.2) is 4.79 Å². The highest BCUT2D eigenvalue weighted by Crippen LogP contribution is 2.65. The zero-order chi connectivity index (χ0) is 17.8. The van der Waals surface area contributed by atoms with Gasteiger partial charge in [0.05, 0.1) is 11.7 Å².